The van der Waals surface area contributed by atoms with Crippen molar-refractivity contribution in [3.63, 3.8) is 0 Å². The van der Waals surface area contributed by atoms with Gasteiger partial charge in [-0.3, -0.25) is 14.7 Å². The van der Waals surface area contributed by atoms with Gasteiger partial charge in [0.25, 0.3) is 0 Å². The fourth-order valence-corrected chi connectivity index (χ4v) is 4.11. The molecule has 10 heteroatoms. The van der Waals surface area contributed by atoms with E-state index >= 15 is 0 Å². The first-order valence-electron chi connectivity index (χ1n) is 11.4. The molecule has 3 rings (SSSR count). The van der Waals surface area contributed by atoms with E-state index in [1.165, 1.54) is 24.1 Å². The van der Waals surface area contributed by atoms with Crippen LogP contribution in [0.4, 0.5) is 14.9 Å². The van der Waals surface area contributed by atoms with Crippen LogP contribution in [0.1, 0.15) is 12.5 Å². The van der Waals surface area contributed by atoms with Gasteiger partial charge in [0.15, 0.2) is 0 Å². The number of benzene rings is 2. The summed E-state index contributed by atoms with van der Waals surface area (Å²) >= 11 is 1.56. The molecule has 0 unspecified atom stereocenters. The van der Waals surface area contributed by atoms with E-state index in [2.05, 4.69) is 22.2 Å². The van der Waals surface area contributed by atoms with Crippen molar-refractivity contribution in [1.82, 2.24) is 10.6 Å². The zero-order valence-electron chi connectivity index (χ0n) is 20.1. The van der Waals surface area contributed by atoms with Crippen molar-refractivity contribution in [3.05, 3.63) is 77.7 Å². The Morgan fingerprint density at radius 2 is 2.11 bits per heavy atom. The van der Waals surface area contributed by atoms with Crippen LogP contribution < -0.4 is 21.3 Å². The highest BCUT2D eigenvalue weighted by Gasteiger charge is 2.32. The molecule has 1 fully saturated rings. The molecule has 1 aliphatic heterocycles. The Labute approximate surface area is 214 Å². The third-order valence-electron chi connectivity index (χ3n) is 5.27. The van der Waals surface area contributed by atoms with Gasteiger partial charge in [0, 0.05) is 37.5 Å². The van der Waals surface area contributed by atoms with E-state index < -0.39 is 18.0 Å². The van der Waals surface area contributed by atoms with Gasteiger partial charge in [-0.25, -0.2) is 9.18 Å². The quantitative estimate of drug-likeness (QED) is 0.296. The first-order chi connectivity index (χ1) is 17.4. The van der Waals surface area contributed by atoms with Crippen LogP contribution in [0.2, 0.25) is 0 Å². The fourth-order valence-electron chi connectivity index (χ4n) is 3.49. The summed E-state index contributed by atoms with van der Waals surface area (Å²) in [5, 5.41) is 6.71. The van der Waals surface area contributed by atoms with Crippen LogP contribution in [0, 0.1) is 5.82 Å². The number of cyclic esters (lactones) is 1. The summed E-state index contributed by atoms with van der Waals surface area (Å²) in [4.78, 5) is 28.8. The Morgan fingerprint density at radius 3 is 2.81 bits per heavy atom. The predicted molar refractivity (Wildman–Crippen MR) is 143 cm³/mol. The molecule has 0 spiro atoms. The van der Waals surface area contributed by atoms with Crippen LogP contribution in [0.15, 0.2) is 71.3 Å². The van der Waals surface area contributed by atoms with Crippen LogP contribution in [-0.2, 0) is 16.1 Å². The molecule has 0 radical (unpaired) electrons. The van der Waals surface area contributed by atoms with Crippen LogP contribution in [0.3, 0.4) is 0 Å². The van der Waals surface area contributed by atoms with Gasteiger partial charge in [-0.15, -0.1) is 11.8 Å². The molecule has 1 atom stereocenters. The third-order valence-corrected chi connectivity index (χ3v) is 6.12. The van der Waals surface area contributed by atoms with Crippen LogP contribution in [-0.4, -0.2) is 49.7 Å². The molecule has 2 aromatic carbocycles. The van der Waals surface area contributed by atoms with Crippen molar-refractivity contribution in [1.29, 1.82) is 0 Å². The average molecular weight is 512 g/mol. The highest BCUT2D eigenvalue weighted by Crippen LogP contribution is 2.29. The normalized spacial score (nSPS) is 15.6. The maximum Gasteiger partial charge on any atom is 0.414 e. The molecule has 0 aliphatic carbocycles. The minimum Gasteiger partial charge on any atom is -0.442 e. The van der Waals surface area contributed by atoms with E-state index in [1.807, 2.05) is 24.3 Å². The summed E-state index contributed by atoms with van der Waals surface area (Å²) in [6.07, 6.45) is 3.62. The average Bonchev–Trinajstić information content (AvgIpc) is 3.23. The van der Waals surface area contributed by atoms with Crippen molar-refractivity contribution < 1.29 is 18.7 Å². The predicted octanol–water partition coefficient (Wildman–Crippen LogP) is 3.79. The summed E-state index contributed by atoms with van der Waals surface area (Å²) in [6, 6.07) is 12.3. The Bertz CT molecular complexity index is 1140. The number of anilines is 1. The molecule has 36 heavy (non-hydrogen) atoms. The maximum atomic E-state index is 14.9. The number of thioether (sulfide) groups is 1. The van der Waals surface area contributed by atoms with Gasteiger partial charge in [-0.2, -0.15) is 0 Å². The molecule has 8 nitrogen and oxygen atoms in total. The molecule has 0 bridgehead atoms. The van der Waals surface area contributed by atoms with Gasteiger partial charge in [-0.05, 0) is 41.6 Å². The Kier molecular flexibility index (Phi) is 10.1. The molecule has 1 heterocycles. The van der Waals surface area contributed by atoms with Crippen molar-refractivity contribution in [3.8, 4) is 11.1 Å². The SMILES string of the molecule is C=C(N=C/C=C\N)SCCNCc1ccc(-c2ccc(N3C[C@H](CNC(C)=O)OC3=O)cc2F)cc1. The molecule has 0 saturated carbocycles. The van der Waals surface area contributed by atoms with Crippen molar-refractivity contribution in [2.75, 3.05) is 30.3 Å². The first-order valence-corrected chi connectivity index (χ1v) is 12.4. The van der Waals surface area contributed by atoms with Gasteiger partial charge in [0.05, 0.1) is 23.8 Å². The number of allylic oxidation sites excluding steroid dienone is 1. The second-order valence-electron chi connectivity index (χ2n) is 8.00. The lowest BCUT2D eigenvalue weighted by molar-refractivity contribution is -0.119. The second kappa shape index (κ2) is 13.5. The molecule has 1 saturated heterocycles. The van der Waals surface area contributed by atoms with Crippen molar-refractivity contribution >= 4 is 35.7 Å². The number of amides is 2. The lowest BCUT2D eigenvalue weighted by Gasteiger charge is -2.15. The Morgan fingerprint density at radius 1 is 1.33 bits per heavy atom. The van der Waals surface area contributed by atoms with Gasteiger partial charge >= 0.3 is 6.09 Å². The smallest absolute Gasteiger partial charge is 0.414 e. The fraction of sp³-hybridized carbons (Fsp3) is 0.269. The molecule has 190 valence electrons. The van der Waals surface area contributed by atoms with E-state index in [-0.39, 0.29) is 19.0 Å². The van der Waals surface area contributed by atoms with E-state index in [4.69, 9.17) is 10.5 Å². The Balaban J connectivity index is 1.50. The minimum absolute atomic E-state index is 0.204. The second-order valence-corrected chi connectivity index (χ2v) is 9.16. The van der Waals surface area contributed by atoms with Gasteiger partial charge in [0.1, 0.15) is 11.9 Å². The van der Waals surface area contributed by atoms with Crippen molar-refractivity contribution in [2.45, 2.75) is 19.6 Å². The number of carbonyl (C=O) groups is 2. The number of halogens is 1. The minimum atomic E-state index is -0.562. The highest BCUT2D eigenvalue weighted by atomic mass is 32.2. The number of hydrogen-bond acceptors (Lipinski definition) is 7. The van der Waals surface area contributed by atoms with E-state index in [0.717, 1.165) is 28.5 Å². The van der Waals surface area contributed by atoms with E-state index in [1.54, 1.807) is 36.2 Å². The van der Waals surface area contributed by atoms with Gasteiger partial charge < -0.3 is 21.1 Å². The van der Waals surface area contributed by atoms with Crippen LogP contribution in [0.25, 0.3) is 11.1 Å². The summed E-state index contributed by atoms with van der Waals surface area (Å²) in [7, 11) is 0. The van der Waals surface area contributed by atoms with Gasteiger partial charge in [0.2, 0.25) is 5.91 Å². The highest BCUT2D eigenvalue weighted by molar-refractivity contribution is 8.03. The van der Waals surface area contributed by atoms with Crippen LogP contribution in [0.5, 0.6) is 0 Å². The number of rotatable bonds is 12. The molecule has 2 amide bonds. The lowest BCUT2D eigenvalue weighted by atomic mass is 10.0. The van der Waals surface area contributed by atoms with Gasteiger partial charge in [-0.1, -0.05) is 30.8 Å². The number of hydrogen-bond donors (Lipinski definition) is 3. The monoisotopic (exact) mass is 511 g/mol. The zero-order chi connectivity index (χ0) is 25.9. The number of ether oxygens (including phenoxy) is 1. The lowest BCUT2D eigenvalue weighted by Crippen LogP contribution is -2.33. The molecule has 0 aromatic heterocycles. The van der Waals surface area contributed by atoms with Crippen LogP contribution >= 0.6 is 11.8 Å². The third kappa shape index (κ3) is 7.96. The Hall–Kier alpha value is -3.63. The largest absolute Gasteiger partial charge is 0.442 e. The zero-order valence-corrected chi connectivity index (χ0v) is 20.9. The first kappa shape index (κ1) is 27.0. The number of nitrogens with two attached hydrogens (primary N) is 1. The number of nitrogens with zero attached hydrogens (tertiary/aromatic N) is 2. The maximum absolute atomic E-state index is 14.9. The van der Waals surface area contributed by atoms with Crippen molar-refractivity contribution in [2.24, 2.45) is 10.7 Å². The molecule has 4 N–H and O–H groups in total. The molecular formula is C26H30FN5O3S. The summed E-state index contributed by atoms with van der Waals surface area (Å²) in [5.41, 5.74) is 7.93. The molecule has 2 aromatic rings. The van der Waals surface area contributed by atoms with E-state index in [9.17, 15) is 14.0 Å². The molecule has 1 aliphatic rings. The number of nitrogens with one attached hydrogen (secondary N) is 2. The van der Waals surface area contributed by atoms with E-state index in [0.29, 0.717) is 17.8 Å². The number of carbonyl (C=O) groups excluding carboxylic acids is 2. The molecular weight excluding hydrogens is 481 g/mol. The summed E-state index contributed by atoms with van der Waals surface area (Å²) < 4.78 is 20.2. The summed E-state index contributed by atoms with van der Waals surface area (Å²) in [6.45, 7) is 7.19. The summed E-state index contributed by atoms with van der Waals surface area (Å²) in [5.74, 6) is 0.194. The number of aliphatic imine (C=N–C) groups is 1. The topological polar surface area (TPSA) is 109 Å². The standard InChI is InChI=1S/C26H30FN5O3S/c1-18(33)31-16-23-17-32(26(34)35-23)22-8-9-24(25(27)14-22)21-6-4-20(5-7-21)15-29-12-13-36-19(2)30-11-3-10-28/h3-11,14,23,29H,2,12-13,15-17,28H2,1H3,(H,31,33)/b10-3-,30-11?/t23-/m0/s1.